The van der Waals surface area contributed by atoms with Crippen LogP contribution in [-0.4, -0.2) is 32.5 Å². The van der Waals surface area contributed by atoms with E-state index in [2.05, 4.69) is 40.8 Å². The van der Waals surface area contributed by atoms with Gasteiger partial charge < -0.3 is 9.47 Å². The van der Waals surface area contributed by atoms with Crippen LogP contribution in [0.3, 0.4) is 0 Å². The van der Waals surface area contributed by atoms with E-state index in [-0.39, 0.29) is 0 Å². The Morgan fingerprint density at radius 3 is 2.58 bits per heavy atom. The molecule has 1 aliphatic carbocycles. The summed E-state index contributed by atoms with van der Waals surface area (Å²) in [5.41, 5.74) is 6.48. The van der Waals surface area contributed by atoms with Crippen molar-refractivity contribution >= 4 is 33.4 Å². The van der Waals surface area contributed by atoms with Gasteiger partial charge in [-0.2, -0.15) is 0 Å². The number of nitrogens with zero attached hydrogens (tertiary/aromatic N) is 2. The topological polar surface area (TPSA) is 71.4 Å². The summed E-state index contributed by atoms with van der Waals surface area (Å²) < 4.78 is 26.4. The van der Waals surface area contributed by atoms with Gasteiger partial charge in [0.15, 0.2) is 0 Å². The molecule has 0 unspecified atom stereocenters. The fourth-order valence-electron chi connectivity index (χ4n) is 5.37. The third kappa shape index (κ3) is 3.51. The van der Waals surface area contributed by atoms with Crippen molar-refractivity contribution in [3.8, 4) is 11.3 Å². The molecule has 0 spiro atoms. The molecule has 0 saturated heterocycles. The predicted octanol–water partition coefficient (Wildman–Crippen LogP) is 4.06. The van der Waals surface area contributed by atoms with Crippen molar-refractivity contribution in [2.24, 2.45) is 0 Å². The lowest BCUT2D eigenvalue weighted by Gasteiger charge is -2.24. The summed E-state index contributed by atoms with van der Waals surface area (Å²) in [5.74, 6) is -0.0846. The van der Waals surface area contributed by atoms with E-state index in [1.165, 1.54) is 60.0 Å². The Morgan fingerprint density at radius 1 is 1.03 bits per heavy atom. The van der Waals surface area contributed by atoms with Crippen molar-refractivity contribution < 1.29 is 13.2 Å². The molecule has 5 rings (SSSR count). The van der Waals surface area contributed by atoms with Crippen LogP contribution < -0.4 is 9.62 Å². The average molecular weight is 438 g/mol. The average Bonchev–Trinajstić information content (AvgIpc) is 3.03. The SMILES string of the molecule is CN1CCn2c(c(C3CCCCC3)c3ccc(C(=O)N[SH](=O)=O)cc32)-c2ccccc21. The number of aromatic nitrogens is 1. The minimum Gasteiger partial charge on any atom is -0.372 e. The lowest BCUT2D eigenvalue weighted by Crippen LogP contribution is -2.21. The minimum atomic E-state index is -2.98. The van der Waals surface area contributed by atoms with Crippen LogP contribution in [0.2, 0.25) is 0 Å². The first-order chi connectivity index (χ1) is 15.0. The number of para-hydroxylation sites is 1. The van der Waals surface area contributed by atoms with Gasteiger partial charge in [-0.25, -0.2) is 8.42 Å². The third-order valence-corrected chi connectivity index (χ3v) is 7.19. The molecule has 1 aliphatic heterocycles. The molecule has 1 aromatic heterocycles. The van der Waals surface area contributed by atoms with E-state index in [0.717, 1.165) is 18.6 Å². The molecule has 3 aromatic rings. The van der Waals surface area contributed by atoms with Gasteiger partial charge in [-0.05, 0) is 42.5 Å². The summed E-state index contributed by atoms with van der Waals surface area (Å²) in [4.78, 5) is 14.7. The minimum absolute atomic E-state index is 0.369. The van der Waals surface area contributed by atoms with Crippen LogP contribution in [-0.2, 0) is 17.4 Å². The molecule has 0 bridgehead atoms. The predicted molar refractivity (Wildman–Crippen MR) is 124 cm³/mol. The second kappa shape index (κ2) is 8.04. The molecule has 0 atom stereocenters. The summed E-state index contributed by atoms with van der Waals surface area (Å²) in [5, 5.41) is 1.18. The number of rotatable bonds is 3. The molecule has 6 nitrogen and oxygen atoms in total. The molecule has 2 aliphatic rings. The summed E-state index contributed by atoms with van der Waals surface area (Å²) >= 11 is 0. The molecule has 1 amide bonds. The molecule has 7 heteroatoms. The molecule has 31 heavy (non-hydrogen) atoms. The Bertz CT molecular complexity index is 1230. The number of hydrogen-bond donors (Lipinski definition) is 2. The molecule has 2 aromatic carbocycles. The first-order valence-electron chi connectivity index (χ1n) is 11.0. The van der Waals surface area contributed by atoms with Gasteiger partial charge in [0.1, 0.15) is 0 Å². The van der Waals surface area contributed by atoms with Crippen molar-refractivity contribution in [1.29, 1.82) is 0 Å². The van der Waals surface area contributed by atoms with Gasteiger partial charge in [-0.3, -0.25) is 9.52 Å². The van der Waals surface area contributed by atoms with Gasteiger partial charge in [-0.15, -0.1) is 0 Å². The van der Waals surface area contributed by atoms with E-state index >= 15 is 0 Å². The molecular weight excluding hydrogens is 410 g/mol. The van der Waals surface area contributed by atoms with Gasteiger partial charge in [0.2, 0.25) is 10.9 Å². The van der Waals surface area contributed by atoms with E-state index < -0.39 is 16.8 Å². The fourth-order valence-corrected chi connectivity index (χ4v) is 5.66. The molecular formula is C24H27N3O3S. The van der Waals surface area contributed by atoms with Crippen molar-refractivity contribution in [1.82, 2.24) is 9.29 Å². The van der Waals surface area contributed by atoms with Crippen LogP contribution >= 0.6 is 0 Å². The van der Waals surface area contributed by atoms with Crippen LogP contribution in [0.1, 0.15) is 53.9 Å². The summed E-state index contributed by atoms with van der Waals surface area (Å²) in [7, 11) is -0.857. The highest BCUT2D eigenvalue weighted by Crippen LogP contribution is 2.47. The van der Waals surface area contributed by atoms with E-state index in [4.69, 9.17) is 0 Å². The highest BCUT2D eigenvalue weighted by molar-refractivity contribution is 7.71. The zero-order valence-corrected chi connectivity index (χ0v) is 18.5. The number of carbonyl (C=O) groups excluding carboxylic acids is 1. The normalized spacial score (nSPS) is 16.8. The number of anilines is 1. The van der Waals surface area contributed by atoms with E-state index in [1.54, 1.807) is 6.07 Å². The zero-order valence-electron chi connectivity index (χ0n) is 17.6. The fraction of sp³-hybridized carbons (Fsp3) is 0.375. The van der Waals surface area contributed by atoms with Gasteiger partial charge in [0.05, 0.1) is 5.69 Å². The van der Waals surface area contributed by atoms with Crippen molar-refractivity contribution in [2.45, 2.75) is 44.6 Å². The molecule has 2 heterocycles. The molecule has 1 saturated carbocycles. The maximum atomic E-state index is 12.4. The Morgan fingerprint density at radius 2 is 1.81 bits per heavy atom. The number of carbonyl (C=O) groups is 1. The Kier molecular flexibility index (Phi) is 5.22. The third-order valence-electron chi connectivity index (χ3n) is 6.80. The number of nitrogens with one attached hydrogen (secondary N) is 1. The monoisotopic (exact) mass is 437 g/mol. The highest BCUT2D eigenvalue weighted by atomic mass is 32.2. The number of likely N-dealkylation sites (N-methyl/N-ethyl adjacent to an activating group) is 1. The molecule has 1 fully saturated rings. The van der Waals surface area contributed by atoms with Gasteiger partial charge in [0, 0.05) is 47.9 Å². The lowest BCUT2D eigenvalue weighted by atomic mass is 9.81. The Labute approximate surface area is 183 Å². The summed E-state index contributed by atoms with van der Waals surface area (Å²) in [6.45, 7) is 1.67. The van der Waals surface area contributed by atoms with Crippen LogP contribution in [0.4, 0.5) is 5.69 Å². The number of amides is 1. The lowest BCUT2D eigenvalue weighted by molar-refractivity contribution is 0.0982. The molecule has 162 valence electrons. The smallest absolute Gasteiger partial charge is 0.264 e. The quantitative estimate of drug-likeness (QED) is 0.606. The standard InChI is InChI=1S/C24H27N3O3S/c1-26-13-14-27-21-15-17(24(28)25-31(29)30)11-12-18(21)22(16-7-3-2-4-8-16)23(27)19-9-5-6-10-20(19)26/h5-6,9-12,15-16,31H,2-4,7-8,13-14H2,1H3,(H,25,28,29,30). The van der Waals surface area contributed by atoms with Crippen LogP contribution in [0.15, 0.2) is 42.5 Å². The van der Waals surface area contributed by atoms with Crippen LogP contribution in [0.25, 0.3) is 22.2 Å². The van der Waals surface area contributed by atoms with Crippen molar-refractivity contribution in [3.05, 3.63) is 53.6 Å². The van der Waals surface area contributed by atoms with Crippen LogP contribution in [0.5, 0.6) is 0 Å². The number of benzene rings is 2. The van der Waals surface area contributed by atoms with Crippen molar-refractivity contribution in [2.75, 3.05) is 18.5 Å². The van der Waals surface area contributed by atoms with Crippen LogP contribution in [0, 0.1) is 0 Å². The second-order valence-electron chi connectivity index (χ2n) is 8.62. The van der Waals surface area contributed by atoms with Gasteiger partial charge in [0.25, 0.3) is 5.91 Å². The molecule has 0 radical (unpaired) electrons. The number of thiol groups is 1. The Balaban J connectivity index is 1.78. The highest BCUT2D eigenvalue weighted by Gasteiger charge is 2.29. The zero-order chi connectivity index (χ0) is 21.5. The summed E-state index contributed by atoms with van der Waals surface area (Å²) in [6.07, 6.45) is 6.15. The van der Waals surface area contributed by atoms with E-state index in [1.807, 2.05) is 16.9 Å². The van der Waals surface area contributed by atoms with E-state index in [0.29, 0.717) is 11.5 Å². The van der Waals surface area contributed by atoms with E-state index in [9.17, 15) is 13.2 Å². The largest absolute Gasteiger partial charge is 0.372 e. The first kappa shape index (κ1) is 20.1. The van der Waals surface area contributed by atoms with Crippen molar-refractivity contribution in [3.63, 3.8) is 0 Å². The van der Waals surface area contributed by atoms with Gasteiger partial charge in [-0.1, -0.05) is 43.5 Å². The van der Waals surface area contributed by atoms with Gasteiger partial charge >= 0.3 is 0 Å². The maximum Gasteiger partial charge on any atom is 0.264 e. The first-order valence-corrected chi connectivity index (χ1v) is 12.1. The maximum absolute atomic E-state index is 12.4. The number of hydrogen-bond acceptors (Lipinski definition) is 4. The summed E-state index contributed by atoms with van der Waals surface area (Å²) in [6, 6.07) is 14.2. The number of fused-ring (bicyclic) bond motifs is 5. The Hall–Kier alpha value is -2.80. The molecule has 1 N–H and O–H groups in total. The second-order valence-corrected chi connectivity index (χ2v) is 9.36.